The zero-order valence-electron chi connectivity index (χ0n) is 19.4. The van der Waals surface area contributed by atoms with E-state index in [0.29, 0.717) is 0 Å². The van der Waals surface area contributed by atoms with Crippen LogP contribution in [-0.2, 0) is 25.7 Å². The standard InChI is InChI=1S/C34H23N/c1-3-10-26-20(6-1)18-29-27(26)14-12-22-19-30-28(32(22)29)15-13-25-17-24-9-5-8-23-16-21-7-2-4-11-31(21)35(33(23)24)34(25)30/h1-15H,16-19H2. The molecule has 5 aromatic carbocycles. The van der Waals surface area contributed by atoms with Gasteiger partial charge in [-0.05, 0) is 79.2 Å². The molecule has 9 rings (SSSR count). The van der Waals surface area contributed by atoms with E-state index in [-0.39, 0.29) is 0 Å². The van der Waals surface area contributed by atoms with Gasteiger partial charge in [0.05, 0.1) is 11.4 Å². The molecule has 0 radical (unpaired) electrons. The largest absolute Gasteiger partial charge is 0.309 e. The second-order valence-electron chi connectivity index (χ2n) is 10.5. The van der Waals surface area contributed by atoms with Gasteiger partial charge >= 0.3 is 0 Å². The van der Waals surface area contributed by atoms with E-state index in [1.807, 2.05) is 0 Å². The van der Waals surface area contributed by atoms with Gasteiger partial charge < -0.3 is 4.90 Å². The summed E-state index contributed by atoms with van der Waals surface area (Å²) in [5.74, 6) is 0. The Kier molecular flexibility index (Phi) is 3.29. The Morgan fingerprint density at radius 2 is 1.06 bits per heavy atom. The quantitative estimate of drug-likeness (QED) is 0.228. The van der Waals surface area contributed by atoms with Crippen molar-refractivity contribution in [2.24, 2.45) is 0 Å². The summed E-state index contributed by atoms with van der Waals surface area (Å²) >= 11 is 0. The minimum absolute atomic E-state index is 1.02. The van der Waals surface area contributed by atoms with Crippen molar-refractivity contribution >= 4 is 17.1 Å². The van der Waals surface area contributed by atoms with E-state index < -0.39 is 0 Å². The SMILES string of the molecule is c1ccc2c(c1)Cc1c-2ccc2c1-c1ccc3c(c1C2)N1c2ccccc2Cc2cccc(c21)C3. The predicted molar refractivity (Wildman–Crippen MR) is 143 cm³/mol. The summed E-state index contributed by atoms with van der Waals surface area (Å²) in [6, 6.07) is 34.5. The van der Waals surface area contributed by atoms with Gasteiger partial charge in [-0.3, -0.25) is 0 Å². The summed E-state index contributed by atoms with van der Waals surface area (Å²) in [5.41, 5.74) is 21.8. The lowest BCUT2D eigenvalue weighted by Crippen LogP contribution is -2.25. The first-order chi connectivity index (χ1) is 17.3. The molecular formula is C34H23N. The number of hydrogen-bond donors (Lipinski definition) is 0. The number of hydrogen-bond acceptors (Lipinski definition) is 1. The minimum Gasteiger partial charge on any atom is -0.309 e. The number of nitrogens with zero attached hydrogens (tertiary/aromatic N) is 1. The van der Waals surface area contributed by atoms with Crippen molar-refractivity contribution in [3.63, 3.8) is 0 Å². The highest BCUT2D eigenvalue weighted by Crippen LogP contribution is 2.56. The van der Waals surface area contributed by atoms with Gasteiger partial charge in [-0.1, -0.05) is 84.9 Å². The van der Waals surface area contributed by atoms with Crippen LogP contribution in [0.15, 0.2) is 91.0 Å². The number of anilines is 3. The highest BCUT2D eigenvalue weighted by molar-refractivity contribution is 5.97. The Bertz CT molecular complexity index is 1740. The Balaban J connectivity index is 1.31. The Morgan fingerprint density at radius 3 is 1.97 bits per heavy atom. The smallest absolute Gasteiger partial charge is 0.0538 e. The first kappa shape index (κ1) is 18.3. The monoisotopic (exact) mass is 445 g/mol. The summed E-state index contributed by atoms with van der Waals surface area (Å²) in [5, 5.41) is 0. The van der Waals surface area contributed by atoms with Crippen LogP contribution in [0.25, 0.3) is 22.3 Å². The average molecular weight is 446 g/mol. The highest BCUT2D eigenvalue weighted by Gasteiger charge is 2.36. The lowest BCUT2D eigenvalue weighted by Gasteiger charge is -2.40. The molecule has 2 heterocycles. The number of rotatable bonds is 0. The van der Waals surface area contributed by atoms with Gasteiger partial charge in [0.25, 0.3) is 0 Å². The van der Waals surface area contributed by atoms with Crippen molar-refractivity contribution in [1.82, 2.24) is 0 Å². The molecular weight excluding hydrogens is 422 g/mol. The maximum absolute atomic E-state index is 2.61. The summed E-state index contributed by atoms with van der Waals surface area (Å²) in [4.78, 5) is 2.61. The molecule has 0 atom stereocenters. The molecule has 0 N–H and O–H groups in total. The van der Waals surface area contributed by atoms with Crippen LogP contribution >= 0.6 is 0 Å². The Hall–Kier alpha value is -4.10. The van der Waals surface area contributed by atoms with Gasteiger partial charge in [-0.2, -0.15) is 0 Å². The molecule has 0 spiro atoms. The maximum Gasteiger partial charge on any atom is 0.0538 e. The van der Waals surface area contributed by atoms with Crippen LogP contribution in [0, 0.1) is 0 Å². The van der Waals surface area contributed by atoms with Crippen LogP contribution in [0.5, 0.6) is 0 Å². The molecule has 0 saturated heterocycles. The number of fused-ring (bicyclic) bond motifs is 12. The van der Waals surface area contributed by atoms with E-state index in [2.05, 4.69) is 95.9 Å². The topological polar surface area (TPSA) is 3.24 Å². The highest BCUT2D eigenvalue weighted by atomic mass is 15.2. The molecule has 2 aliphatic carbocycles. The summed E-state index contributed by atoms with van der Waals surface area (Å²) in [6.45, 7) is 0. The van der Waals surface area contributed by atoms with Gasteiger partial charge in [0.15, 0.2) is 0 Å². The third kappa shape index (κ3) is 2.24. The van der Waals surface area contributed by atoms with Gasteiger partial charge in [0, 0.05) is 24.9 Å². The van der Waals surface area contributed by atoms with E-state index in [4.69, 9.17) is 0 Å². The molecule has 5 aromatic rings. The zero-order chi connectivity index (χ0) is 22.7. The summed E-state index contributed by atoms with van der Waals surface area (Å²) < 4.78 is 0. The van der Waals surface area contributed by atoms with E-state index in [1.165, 1.54) is 83.8 Å². The van der Waals surface area contributed by atoms with Crippen LogP contribution in [0.4, 0.5) is 17.1 Å². The Morgan fingerprint density at radius 1 is 0.400 bits per heavy atom. The van der Waals surface area contributed by atoms with Gasteiger partial charge in [0.2, 0.25) is 0 Å². The molecule has 0 amide bonds. The van der Waals surface area contributed by atoms with Crippen molar-refractivity contribution in [1.29, 1.82) is 0 Å². The van der Waals surface area contributed by atoms with E-state index >= 15 is 0 Å². The van der Waals surface area contributed by atoms with Gasteiger partial charge in [-0.25, -0.2) is 0 Å². The fourth-order valence-corrected chi connectivity index (χ4v) is 7.31. The first-order valence-corrected chi connectivity index (χ1v) is 12.7. The molecule has 0 aromatic heterocycles. The van der Waals surface area contributed by atoms with Crippen molar-refractivity contribution in [3.05, 3.63) is 136 Å². The fourth-order valence-electron chi connectivity index (χ4n) is 7.31. The van der Waals surface area contributed by atoms with Gasteiger partial charge in [-0.15, -0.1) is 0 Å². The van der Waals surface area contributed by atoms with E-state index in [1.54, 1.807) is 0 Å². The van der Waals surface area contributed by atoms with E-state index in [9.17, 15) is 0 Å². The molecule has 4 aliphatic rings. The summed E-state index contributed by atoms with van der Waals surface area (Å²) in [7, 11) is 0. The van der Waals surface area contributed by atoms with Crippen LogP contribution in [0.1, 0.15) is 44.5 Å². The number of para-hydroxylation sites is 2. The second kappa shape index (κ2) is 6.31. The van der Waals surface area contributed by atoms with Crippen LogP contribution in [0.3, 0.4) is 0 Å². The molecule has 0 fully saturated rings. The third-order valence-corrected chi connectivity index (χ3v) is 8.72. The first-order valence-electron chi connectivity index (χ1n) is 12.7. The molecule has 35 heavy (non-hydrogen) atoms. The average Bonchev–Trinajstić information content (AvgIpc) is 3.46. The lowest BCUT2D eigenvalue weighted by molar-refractivity contribution is 1.00. The zero-order valence-corrected chi connectivity index (χ0v) is 19.4. The molecule has 0 unspecified atom stereocenters. The second-order valence-corrected chi connectivity index (χ2v) is 10.5. The molecule has 0 saturated carbocycles. The Labute approximate surface area is 205 Å². The number of benzene rings is 5. The normalized spacial score (nSPS) is 14.9. The molecule has 0 bridgehead atoms. The van der Waals surface area contributed by atoms with Crippen LogP contribution in [0.2, 0.25) is 0 Å². The maximum atomic E-state index is 2.61. The van der Waals surface area contributed by atoms with Crippen LogP contribution < -0.4 is 4.90 Å². The van der Waals surface area contributed by atoms with Crippen molar-refractivity contribution < 1.29 is 0 Å². The lowest BCUT2D eigenvalue weighted by atomic mass is 9.84. The molecule has 2 aliphatic heterocycles. The van der Waals surface area contributed by atoms with Crippen molar-refractivity contribution in [2.45, 2.75) is 25.7 Å². The summed E-state index contributed by atoms with van der Waals surface area (Å²) in [6.07, 6.45) is 4.11. The molecule has 1 nitrogen and oxygen atoms in total. The van der Waals surface area contributed by atoms with Crippen LogP contribution in [-0.4, -0.2) is 0 Å². The predicted octanol–water partition coefficient (Wildman–Crippen LogP) is 8.11. The van der Waals surface area contributed by atoms with Gasteiger partial charge in [0.1, 0.15) is 0 Å². The third-order valence-electron chi connectivity index (χ3n) is 8.72. The van der Waals surface area contributed by atoms with E-state index in [0.717, 1.165) is 25.7 Å². The fraction of sp³-hybridized carbons (Fsp3) is 0.118. The van der Waals surface area contributed by atoms with Crippen molar-refractivity contribution in [2.75, 3.05) is 4.90 Å². The minimum atomic E-state index is 1.02. The molecule has 164 valence electrons. The van der Waals surface area contributed by atoms with Crippen molar-refractivity contribution in [3.8, 4) is 22.3 Å². The molecule has 1 heteroatoms.